The minimum atomic E-state index is -0.768. The molecule has 8 nitrogen and oxygen atoms in total. The summed E-state index contributed by atoms with van der Waals surface area (Å²) in [5.74, 6) is -1.87. The quantitative estimate of drug-likeness (QED) is 0.489. The highest BCUT2D eigenvalue weighted by Gasteiger charge is 2.42. The summed E-state index contributed by atoms with van der Waals surface area (Å²) in [6.07, 6.45) is 0.505. The predicted octanol–water partition coefficient (Wildman–Crippen LogP) is 2.32. The van der Waals surface area contributed by atoms with Gasteiger partial charge in [0, 0.05) is 17.8 Å². The fourth-order valence-electron chi connectivity index (χ4n) is 3.26. The number of esters is 2. The fraction of sp³-hybridized carbons (Fsp3) is 0.333. The van der Waals surface area contributed by atoms with Gasteiger partial charge in [0.05, 0.1) is 34.3 Å². The number of hydrogen-bond acceptors (Lipinski definition) is 7. The van der Waals surface area contributed by atoms with Crippen LogP contribution < -0.4 is 5.32 Å². The van der Waals surface area contributed by atoms with Gasteiger partial charge in [-0.2, -0.15) is 0 Å². The van der Waals surface area contributed by atoms with Crippen molar-refractivity contribution in [2.75, 3.05) is 13.2 Å². The summed E-state index contributed by atoms with van der Waals surface area (Å²) >= 11 is 0. The molecule has 1 N–H and O–H groups in total. The Balaban J connectivity index is 2.19. The van der Waals surface area contributed by atoms with Crippen LogP contribution >= 0.6 is 0 Å². The smallest absolute Gasteiger partial charge is 0.337 e. The Bertz CT molecular complexity index is 855. The van der Waals surface area contributed by atoms with Gasteiger partial charge < -0.3 is 14.8 Å². The highest BCUT2D eigenvalue weighted by atomic mass is 16.6. The summed E-state index contributed by atoms with van der Waals surface area (Å²) in [5.41, 5.74) is 2.14. The molecule has 2 heterocycles. The van der Waals surface area contributed by atoms with E-state index >= 15 is 0 Å². The van der Waals surface area contributed by atoms with Crippen molar-refractivity contribution in [2.24, 2.45) is 0 Å². The molecule has 26 heavy (non-hydrogen) atoms. The fourth-order valence-corrected chi connectivity index (χ4v) is 3.26. The molecule has 2 aliphatic rings. The van der Waals surface area contributed by atoms with E-state index in [0.29, 0.717) is 29.0 Å². The van der Waals surface area contributed by atoms with Crippen molar-refractivity contribution in [1.29, 1.82) is 0 Å². The number of cyclic esters (lactones) is 1. The number of nitrogens with one attached hydrogen (secondary N) is 1. The van der Waals surface area contributed by atoms with Gasteiger partial charge in [0.15, 0.2) is 0 Å². The van der Waals surface area contributed by atoms with Crippen LogP contribution in [0.5, 0.6) is 0 Å². The summed E-state index contributed by atoms with van der Waals surface area (Å²) in [5, 5.41) is 14.3. The molecule has 1 aromatic rings. The Labute approximate surface area is 149 Å². The number of hydrogen-bond donors (Lipinski definition) is 1. The number of dihydropyridines is 1. The predicted molar refractivity (Wildman–Crippen MR) is 90.9 cm³/mol. The number of non-ortho nitro benzene ring substituents is 1. The monoisotopic (exact) mass is 358 g/mol. The lowest BCUT2D eigenvalue weighted by Crippen LogP contribution is -2.31. The molecule has 0 aromatic heterocycles. The normalized spacial score (nSPS) is 19.0. The maximum atomic E-state index is 12.6. The molecule has 1 aromatic carbocycles. The number of ether oxygens (including phenoxy) is 2. The third-order valence-corrected chi connectivity index (χ3v) is 4.36. The van der Waals surface area contributed by atoms with Crippen molar-refractivity contribution in [3.8, 4) is 0 Å². The van der Waals surface area contributed by atoms with Gasteiger partial charge >= 0.3 is 11.9 Å². The van der Waals surface area contributed by atoms with Crippen molar-refractivity contribution in [3.05, 3.63) is 62.5 Å². The molecule has 0 bridgehead atoms. The second kappa shape index (κ2) is 6.99. The van der Waals surface area contributed by atoms with E-state index < -0.39 is 22.8 Å². The topological polar surface area (TPSA) is 108 Å². The molecule has 0 radical (unpaired) electrons. The molecule has 8 heteroatoms. The lowest BCUT2D eigenvalue weighted by molar-refractivity contribution is -0.384. The van der Waals surface area contributed by atoms with Gasteiger partial charge in [0.2, 0.25) is 0 Å². The average molecular weight is 358 g/mol. The van der Waals surface area contributed by atoms with Gasteiger partial charge in [-0.1, -0.05) is 19.1 Å². The first kappa shape index (κ1) is 17.7. The van der Waals surface area contributed by atoms with Crippen LogP contribution in [-0.4, -0.2) is 30.1 Å². The molecular weight excluding hydrogens is 340 g/mol. The van der Waals surface area contributed by atoms with E-state index in [2.05, 4.69) is 5.32 Å². The number of rotatable bonds is 5. The van der Waals surface area contributed by atoms with Crippen molar-refractivity contribution in [1.82, 2.24) is 5.32 Å². The van der Waals surface area contributed by atoms with Gasteiger partial charge in [-0.05, 0) is 18.9 Å². The van der Waals surface area contributed by atoms with Crippen LogP contribution in [0.25, 0.3) is 0 Å². The SMILES string of the molecule is CCOC(=O)C1=C(CC)NC2=C(C(=O)OC2)C1c1cccc([N+](=O)[O-])c1. The molecule has 0 fully saturated rings. The van der Waals surface area contributed by atoms with E-state index in [-0.39, 0.29) is 24.5 Å². The van der Waals surface area contributed by atoms with E-state index in [4.69, 9.17) is 9.47 Å². The molecule has 0 spiro atoms. The lowest BCUT2D eigenvalue weighted by Gasteiger charge is -2.28. The summed E-state index contributed by atoms with van der Waals surface area (Å²) < 4.78 is 10.3. The minimum absolute atomic E-state index is 0.0825. The zero-order chi connectivity index (χ0) is 18.8. The van der Waals surface area contributed by atoms with Crippen molar-refractivity contribution < 1.29 is 24.0 Å². The van der Waals surface area contributed by atoms with Crippen LogP contribution in [0.15, 0.2) is 46.8 Å². The lowest BCUT2D eigenvalue weighted by atomic mass is 9.80. The molecule has 0 amide bonds. The van der Waals surface area contributed by atoms with E-state index in [1.54, 1.807) is 13.0 Å². The summed E-state index contributed by atoms with van der Waals surface area (Å²) in [6.45, 7) is 3.82. The number of nitro benzene ring substituents is 1. The zero-order valence-corrected chi connectivity index (χ0v) is 14.4. The van der Waals surface area contributed by atoms with Crippen LogP contribution in [0.2, 0.25) is 0 Å². The number of nitro groups is 1. The molecule has 1 atom stereocenters. The zero-order valence-electron chi connectivity index (χ0n) is 14.4. The number of carbonyl (C=O) groups excluding carboxylic acids is 2. The van der Waals surface area contributed by atoms with Crippen LogP contribution in [0, 0.1) is 10.1 Å². The van der Waals surface area contributed by atoms with Gasteiger partial charge in [-0.15, -0.1) is 0 Å². The first-order valence-electron chi connectivity index (χ1n) is 8.29. The van der Waals surface area contributed by atoms with E-state index in [1.807, 2.05) is 6.92 Å². The summed E-state index contributed by atoms with van der Waals surface area (Å²) in [6, 6.07) is 5.93. The Kier molecular flexibility index (Phi) is 4.75. The Hall–Kier alpha value is -3.16. The highest BCUT2D eigenvalue weighted by Crippen LogP contribution is 2.42. The van der Waals surface area contributed by atoms with Crippen molar-refractivity contribution in [3.63, 3.8) is 0 Å². The Morgan fingerprint density at radius 3 is 2.85 bits per heavy atom. The van der Waals surface area contributed by atoms with Gasteiger partial charge in [-0.25, -0.2) is 9.59 Å². The number of allylic oxidation sites excluding steroid dienone is 1. The average Bonchev–Trinajstić information content (AvgIpc) is 3.01. The molecule has 0 saturated heterocycles. The maximum Gasteiger partial charge on any atom is 0.337 e. The first-order chi connectivity index (χ1) is 12.5. The van der Waals surface area contributed by atoms with Crippen molar-refractivity contribution >= 4 is 17.6 Å². The molecule has 3 rings (SSSR count). The van der Waals surface area contributed by atoms with Crippen LogP contribution in [-0.2, 0) is 19.1 Å². The second-order valence-electron chi connectivity index (χ2n) is 5.84. The largest absolute Gasteiger partial charge is 0.463 e. The summed E-state index contributed by atoms with van der Waals surface area (Å²) in [4.78, 5) is 35.6. The molecule has 0 aliphatic carbocycles. The minimum Gasteiger partial charge on any atom is -0.463 e. The van der Waals surface area contributed by atoms with Gasteiger partial charge in [-0.3, -0.25) is 10.1 Å². The molecule has 1 unspecified atom stereocenters. The third kappa shape index (κ3) is 2.94. The van der Waals surface area contributed by atoms with Crippen molar-refractivity contribution in [2.45, 2.75) is 26.2 Å². The first-order valence-corrected chi connectivity index (χ1v) is 8.29. The second-order valence-corrected chi connectivity index (χ2v) is 5.84. The van der Waals surface area contributed by atoms with E-state index in [0.717, 1.165) is 0 Å². The molecule has 2 aliphatic heterocycles. The van der Waals surface area contributed by atoms with Gasteiger partial charge in [0.25, 0.3) is 5.69 Å². The Morgan fingerprint density at radius 2 is 2.19 bits per heavy atom. The van der Waals surface area contributed by atoms with Crippen LogP contribution in [0.3, 0.4) is 0 Å². The summed E-state index contributed by atoms with van der Waals surface area (Å²) in [7, 11) is 0. The third-order valence-electron chi connectivity index (χ3n) is 4.36. The number of nitrogens with zero attached hydrogens (tertiary/aromatic N) is 1. The van der Waals surface area contributed by atoms with E-state index in [1.165, 1.54) is 18.2 Å². The Morgan fingerprint density at radius 1 is 1.42 bits per heavy atom. The standard InChI is InChI=1S/C18H18N2O6/c1-3-12-15(17(21)25-4-2)14(16-13(19-12)9-26-18(16)22)10-6-5-7-11(8-10)20(23)24/h5-8,14,19H,3-4,9H2,1-2H3. The van der Waals surface area contributed by atoms with E-state index in [9.17, 15) is 19.7 Å². The maximum absolute atomic E-state index is 12.6. The molecular formula is C18H18N2O6. The highest BCUT2D eigenvalue weighted by molar-refractivity contribution is 6.01. The van der Waals surface area contributed by atoms with Crippen LogP contribution in [0.1, 0.15) is 31.7 Å². The van der Waals surface area contributed by atoms with Crippen LogP contribution in [0.4, 0.5) is 5.69 Å². The molecule has 136 valence electrons. The number of benzene rings is 1. The number of carbonyl (C=O) groups is 2. The van der Waals surface area contributed by atoms with Gasteiger partial charge in [0.1, 0.15) is 6.61 Å². The molecule has 0 saturated carbocycles.